The number of imidazole rings is 1. The zero-order valence-electron chi connectivity index (χ0n) is 17.1. The Morgan fingerprint density at radius 2 is 2.00 bits per heavy atom. The van der Waals surface area contributed by atoms with Crippen molar-refractivity contribution in [2.45, 2.75) is 37.3 Å². The predicted octanol–water partition coefficient (Wildman–Crippen LogP) is 5.86. The number of aromatic amines is 1. The van der Waals surface area contributed by atoms with Crippen LogP contribution in [0.25, 0.3) is 22.9 Å². The Balaban J connectivity index is 1.24. The van der Waals surface area contributed by atoms with E-state index < -0.39 is 0 Å². The topological polar surface area (TPSA) is 108 Å². The Morgan fingerprint density at radius 1 is 1.22 bits per heavy atom. The number of aryl methyl sites for hydroxylation is 1. The quantitative estimate of drug-likeness (QED) is 0.332. The summed E-state index contributed by atoms with van der Waals surface area (Å²) < 4.78 is 11.0. The number of carbonyl (C=O) groups is 1. The van der Waals surface area contributed by atoms with Crippen LogP contribution in [0.3, 0.4) is 0 Å². The van der Waals surface area contributed by atoms with Crippen molar-refractivity contribution >= 4 is 34.0 Å². The zero-order chi connectivity index (χ0) is 21.9. The lowest BCUT2D eigenvalue weighted by Gasteiger charge is -2.09. The Hall–Kier alpha value is -3.22. The molecule has 0 saturated heterocycles. The molecule has 1 amide bonds. The van der Waals surface area contributed by atoms with Crippen LogP contribution in [-0.4, -0.2) is 21.6 Å². The molecule has 5 rings (SSSR count). The number of H-pyrrole nitrogens is 1. The Bertz CT molecular complexity index is 1210. The highest BCUT2D eigenvalue weighted by Gasteiger charge is 2.22. The number of carbonyl (C=O) groups excluding carboxylic acids is 1. The van der Waals surface area contributed by atoms with Crippen molar-refractivity contribution in [3.05, 3.63) is 52.8 Å². The number of fused-ring (bicyclic) bond motifs is 1. The van der Waals surface area contributed by atoms with Crippen LogP contribution in [0.2, 0.25) is 0 Å². The molecule has 7 nitrogen and oxygen atoms in total. The second-order valence-electron chi connectivity index (χ2n) is 7.39. The molecule has 4 heterocycles. The summed E-state index contributed by atoms with van der Waals surface area (Å²) in [5, 5.41) is 13.9. The number of furan rings is 2. The third kappa shape index (κ3) is 4.11. The van der Waals surface area contributed by atoms with Crippen LogP contribution in [0.1, 0.15) is 35.3 Å². The van der Waals surface area contributed by atoms with Crippen molar-refractivity contribution in [3.63, 3.8) is 0 Å². The number of hydrogen-bond donors (Lipinski definition) is 2. The molecule has 0 atom stereocenters. The van der Waals surface area contributed by atoms with Crippen LogP contribution < -0.4 is 5.32 Å². The summed E-state index contributed by atoms with van der Waals surface area (Å²) in [4.78, 5) is 21.7. The molecule has 1 aliphatic carbocycles. The van der Waals surface area contributed by atoms with E-state index in [0.29, 0.717) is 45.1 Å². The third-order valence-electron chi connectivity index (χ3n) is 5.31. The monoisotopic (exact) mass is 464 g/mol. The van der Waals surface area contributed by atoms with Crippen LogP contribution in [-0.2, 0) is 17.6 Å². The average Bonchev–Trinajstić information content (AvgIpc) is 3.59. The Labute approximate surface area is 192 Å². The van der Waals surface area contributed by atoms with Crippen LogP contribution >= 0.6 is 23.1 Å². The number of nitrogens with zero attached hydrogens (tertiary/aromatic N) is 2. The Kier molecular flexibility index (Phi) is 5.88. The van der Waals surface area contributed by atoms with Crippen molar-refractivity contribution in [2.75, 3.05) is 11.1 Å². The lowest BCUT2D eigenvalue weighted by Crippen LogP contribution is -2.12. The van der Waals surface area contributed by atoms with E-state index in [1.165, 1.54) is 16.6 Å². The SMILES string of the molecule is N#Cc1c(NC(=O)CCSc2nc(-c3ccco3)c(-c3ccco3)[nH]2)sc2c1CCCC2. The van der Waals surface area contributed by atoms with Gasteiger partial charge in [0.2, 0.25) is 5.91 Å². The first-order valence-corrected chi connectivity index (χ1v) is 12.2. The lowest BCUT2D eigenvalue weighted by molar-refractivity contribution is -0.115. The first kappa shape index (κ1) is 20.7. The zero-order valence-corrected chi connectivity index (χ0v) is 18.8. The maximum absolute atomic E-state index is 12.5. The number of amides is 1. The predicted molar refractivity (Wildman–Crippen MR) is 124 cm³/mol. The number of nitriles is 1. The summed E-state index contributed by atoms with van der Waals surface area (Å²) in [6.07, 6.45) is 7.69. The standard InChI is InChI=1S/C23H20N4O3S2/c24-13-15-14-5-1-2-8-18(14)32-22(15)25-19(28)9-12-31-23-26-20(16-6-3-10-29-16)21(27-23)17-7-4-11-30-17/h3-4,6-7,10-11H,1-2,5,8-9,12H2,(H,25,28)(H,26,27). The smallest absolute Gasteiger partial charge is 0.225 e. The van der Waals surface area contributed by atoms with Gasteiger partial charge in [0.1, 0.15) is 22.5 Å². The molecular weight excluding hydrogens is 444 g/mol. The van der Waals surface area contributed by atoms with Gasteiger partial charge in [0, 0.05) is 17.1 Å². The third-order valence-corrected chi connectivity index (χ3v) is 7.39. The largest absolute Gasteiger partial charge is 0.463 e. The van der Waals surface area contributed by atoms with E-state index in [4.69, 9.17) is 8.83 Å². The van der Waals surface area contributed by atoms with Crippen molar-refractivity contribution < 1.29 is 13.6 Å². The first-order valence-electron chi connectivity index (χ1n) is 10.4. The molecule has 32 heavy (non-hydrogen) atoms. The molecule has 0 spiro atoms. The van der Waals surface area contributed by atoms with Gasteiger partial charge in [-0.3, -0.25) is 4.79 Å². The average molecular weight is 465 g/mol. The molecule has 2 N–H and O–H groups in total. The summed E-state index contributed by atoms with van der Waals surface area (Å²) in [6, 6.07) is 9.61. The van der Waals surface area contributed by atoms with Gasteiger partial charge in [-0.2, -0.15) is 5.26 Å². The lowest BCUT2D eigenvalue weighted by atomic mass is 9.96. The van der Waals surface area contributed by atoms with E-state index in [0.717, 1.165) is 36.9 Å². The molecule has 1 aliphatic rings. The van der Waals surface area contributed by atoms with Crippen molar-refractivity contribution in [2.24, 2.45) is 0 Å². The molecule has 0 saturated carbocycles. The summed E-state index contributed by atoms with van der Waals surface area (Å²) >= 11 is 3.00. The van der Waals surface area contributed by atoms with E-state index in [2.05, 4.69) is 21.4 Å². The summed E-state index contributed by atoms with van der Waals surface area (Å²) in [5.74, 6) is 1.75. The molecule has 0 bridgehead atoms. The molecular formula is C23H20N4O3S2. The van der Waals surface area contributed by atoms with Gasteiger partial charge in [-0.05, 0) is 55.5 Å². The van der Waals surface area contributed by atoms with Crippen molar-refractivity contribution in [1.82, 2.24) is 9.97 Å². The fourth-order valence-electron chi connectivity index (χ4n) is 3.81. The number of thioether (sulfide) groups is 1. The number of rotatable bonds is 7. The Morgan fingerprint density at radius 3 is 2.75 bits per heavy atom. The second-order valence-corrected chi connectivity index (χ2v) is 9.58. The van der Waals surface area contributed by atoms with E-state index in [1.807, 2.05) is 24.3 Å². The van der Waals surface area contributed by atoms with Gasteiger partial charge in [-0.25, -0.2) is 4.98 Å². The van der Waals surface area contributed by atoms with Gasteiger partial charge in [-0.15, -0.1) is 11.3 Å². The van der Waals surface area contributed by atoms with E-state index in [-0.39, 0.29) is 5.91 Å². The van der Waals surface area contributed by atoms with Gasteiger partial charge in [0.15, 0.2) is 16.7 Å². The number of hydrogen-bond acceptors (Lipinski definition) is 7. The minimum Gasteiger partial charge on any atom is -0.463 e. The second kappa shape index (κ2) is 9.10. The molecule has 4 aromatic heterocycles. The molecule has 0 unspecified atom stereocenters. The fraction of sp³-hybridized carbons (Fsp3) is 0.261. The van der Waals surface area contributed by atoms with E-state index in [9.17, 15) is 10.1 Å². The van der Waals surface area contributed by atoms with Gasteiger partial charge < -0.3 is 19.1 Å². The van der Waals surface area contributed by atoms with Crippen LogP contribution in [0.15, 0.2) is 50.8 Å². The molecule has 9 heteroatoms. The molecule has 4 aromatic rings. The van der Waals surface area contributed by atoms with E-state index in [1.54, 1.807) is 23.9 Å². The highest BCUT2D eigenvalue weighted by atomic mass is 32.2. The van der Waals surface area contributed by atoms with Gasteiger partial charge >= 0.3 is 0 Å². The summed E-state index contributed by atoms with van der Waals surface area (Å²) in [7, 11) is 0. The highest BCUT2D eigenvalue weighted by Crippen LogP contribution is 2.38. The number of thiophene rings is 1. The minimum absolute atomic E-state index is 0.100. The molecule has 0 radical (unpaired) electrons. The molecule has 162 valence electrons. The van der Waals surface area contributed by atoms with Crippen LogP contribution in [0, 0.1) is 11.3 Å². The molecule has 0 fully saturated rings. The van der Waals surface area contributed by atoms with Crippen LogP contribution in [0.5, 0.6) is 0 Å². The normalized spacial score (nSPS) is 13.0. The van der Waals surface area contributed by atoms with Crippen LogP contribution in [0.4, 0.5) is 5.00 Å². The first-order chi connectivity index (χ1) is 15.7. The molecule has 0 aromatic carbocycles. The molecule has 0 aliphatic heterocycles. The fourth-order valence-corrected chi connectivity index (χ4v) is 5.88. The van der Waals surface area contributed by atoms with E-state index >= 15 is 0 Å². The van der Waals surface area contributed by atoms with Crippen molar-refractivity contribution in [1.29, 1.82) is 5.26 Å². The minimum atomic E-state index is -0.100. The number of anilines is 1. The van der Waals surface area contributed by atoms with Gasteiger partial charge in [-0.1, -0.05) is 11.8 Å². The summed E-state index contributed by atoms with van der Waals surface area (Å²) in [6.45, 7) is 0. The van der Waals surface area contributed by atoms with Gasteiger partial charge in [0.25, 0.3) is 0 Å². The number of nitrogens with one attached hydrogen (secondary N) is 2. The van der Waals surface area contributed by atoms with Crippen molar-refractivity contribution in [3.8, 4) is 29.0 Å². The highest BCUT2D eigenvalue weighted by molar-refractivity contribution is 7.99. The summed E-state index contributed by atoms with van der Waals surface area (Å²) in [5.41, 5.74) is 3.17. The maximum Gasteiger partial charge on any atom is 0.225 e. The number of aromatic nitrogens is 2. The van der Waals surface area contributed by atoms with Gasteiger partial charge in [0.05, 0.1) is 18.1 Å². The maximum atomic E-state index is 12.5.